The fourth-order valence-electron chi connectivity index (χ4n) is 1.70. The zero-order chi connectivity index (χ0) is 16.7. The maximum Gasteiger partial charge on any atom is 0.337 e. The van der Waals surface area contributed by atoms with E-state index in [1.807, 2.05) is 0 Å². The molecule has 118 valence electrons. The molecule has 0 aliphatic rings. The van der Waals surface area contributed by atoms with Crippen LogP contribution in [0.15, 0.2) is 35.3 Å². The third-order valence-electron chi connectivity index (χ3n) is 2.76. The molecular weight excluding hydrogens is 354 g/mol. The Bertz CT molecular complexity index is 599. The summed E-state index contributed by atoms with van der Waals surface area (Å²) in [5.41, 5.74) is 0.478. The van der Waals surface area contributed by atoms with Gasteiger partial charge in [0, 0.05) is 12.0 Å². The van der Waals surface area contributed by atoms with Gasteiger partial charge in [-0.25, -0.2) is 9.59 Å². The Balaban J connectivity index is 2.92. The van der Waals surface area contributed by atoms with Crippen molar-refractivity contribution in [3.63, 3.8) is 0 Å². The number of ether oxygens (including phenoxy) is 2. The minimum atomic E-state index is -0.869. The molecule has 7 heteroatoms. The second kappa shape index (κ2) is 8.33. The van der Waals surface area contributed by atoms with Crippen LogP contribution in [0, 0.1) is 0 Å². The molecule has 0 heterocycles. The molecule has 1 aromatic carbocycles. The Labute approximate surface area is 136 Å². The molecule has 0 radical (unpaired) electrons. The monoisotopic (exact) mass is 369 g/mol. The zero-order valence-electron chi connectivity index (χ0n) is 12.2. The van der Waals surface area contributed by atoms with Gasteiger partial charge in [-0.2, -0.15) is 0 Å². The molecule has 1 N–H and O–H groups in total. The predicted octanol–water partition coefficient (Wildman–Crippen LogP) is 2.04. The minimum absolute atomic E-state index is 0.190. The van der Waals surface area contributed by atoms with E-state index in [2.05, 4.69) is 37.3 Å². The number of hydrogen-bond acceptors (Lipinski definition) is 5. The average Bonchev–Trinajstić information content (AvgIpc) is 2.52. The molecule has 1 amide bonds. The third-order valence-corrected chi connectivity index (χ3v) is 3.09. The lowest BCUT2D eigenvalue weighted by atomic mass is 10.1. The van der Waals surface area contributed by atoms with Crippen molar-refractivity contribution >= 4 is 33.8 Å². The fraction of sp³-hybridized carbons (Fsp3) is 0.267. The molecule has 6 nitrogen and oxygen atoms in total. The summed E-state index contributed by atoms with van der Waals surface area (Å²) in [6, 6.07) is 5.13. The van der Waals surface area contributed by atoms with E-state index in [0.29, 0.717) is 4.48 Å². The molecule has 0 aliphatic carbocycles. The number of carbonyl (C=O) groups is 3. The first-order valence-electron chi connectivity index (χ1n) is 6.29. The summed E-state index contributed by atoms with van der Waals surface area (Å²) in [6.45, 7) is 3.64. The number of amides is 1. The fourth-order valence-corrected chi connectivity index (χ4v) is 2.03. The second-order valence-corrected chi connectivity index (χ2v) is 5.46. The van der Waals surface area contributed by atoms with Crippen LogP contribution in [0.2, 0.25) is 0 Å². The molecule has 0 saturated heterocycles. The highest BCUT2D eigenvalue weighted by Crippen LogP contribution is 2.13. The van der Waals surface area contributed by atoms with E-state index in [1.54, 1.807) is 6.07 Å². The molecule has 1 rings (SSSR count). The molecule has 0 aliphatic heterocycles. The first-order chi connectivity index (χ1) is 10.4. The van der Waals surface area contributed by atoms with Crippen LogP contribution in [0.25, 0.3) is 0 Å². The lowest BCUT2D eigenvalue weighted by Crippen LogP contribution is -2.41. The van der Waals surface area contributed by atoms with E-state index in [1.165, 1.54) is 32.4 Å². The largest absolute Gasteiger partial charge is 0.467 e. The van der Waals surface area contributed by atoms with Crippen LogP contribution in [-0.2, 0) is 14.3 Å². The first-order valence-corrected chi connectivity index (χ1v) is 7.08. The van der Waals surface area contributed by atoms with Gasteiger partial charge in [0.2, 0.25) is 0 Å². The van der Waals surface area contributed by atoms with Gasteiger partial charge < -0.3 is 14.8 Å². The van der Waals surface area contributed by atoms with Crippen molar-refractivity contribution < 1.29 is 23.9 Å². The lowest BCUT2D eigenvalue weighted by Gasteiger charge is -2.16. The molecule has 22 heavy (non-hydrogen) atoms. The molecule has 1 aromatic rings. The molecule has 0 aromatic heterocycles. The molecular formula is C15H16BrNO5. The van der Waals surface area contributed by atoms with Gasteiger partial charge in [0.1, 0.15) is 6.04 Å². The van der Waals surface area contributed by atoms with Crippen LogP contribution in [0.5, 0.6) is 0 Å². The van der Waals surface area contributed by atoms with Gasteiger partial charge >= 0.3 is 11.9 Å². The molecule has 1 atom stereocenters. The van der Waals surface area contributed by atoms with Crippen LogP contribution < -0.4 is 5.32 Å². The Hall–Kier alpha value is -2.15. The van der Waals surface area contributed by atoms with Gasteiger partial charge in [0.15, 0.2) is 0 Å². The van der Waals surface area contributed by atoms with Crippen LogP contribution in [-0.4, -0.2) is 38.1 Å². The van der Waals surface area contributed by atoms with Crippen LogP contribution in [0.4, 0.5) is 0 Å². The van der Waals surface area contributed by atoms with Gasteiger partial charge in [-0.1, -0.05) is 28.6 Å². The van der Waals surface area contributed by atoms with Crippen LogP contribution >= 0.6 is 15.9 Å². The van der Waals surface area contributed by atoms with Crippen molar-refractivity contribution in [1.29, 1.82) is 0 Å². The van der Waals surface area contributed by atoms with E-state index >= 15 is 0 Å². The molecule has 0 fully saturated rings. The minimum Gasteiger partial charge on any atom is -0.467 e. The number of carbonyl (C=O) groups excluding carboxylic acids is 3. The average molecular weight is 370 g/mol. The SMILES string of the molecule is C=C(Br)C[C@@H](NC(=O)c1cccc(C(=O)OC)c1)C(=O)OC. The molecule has 0 bridgehead atoms. The number of benzene rings is 1. The highest BCUT2D eigenvalue weighted by Gasteiger charge is 2.23. The Morgan fingerprint density at radius 1 is 1.23 bits per heavy atom. The second-order valence-electron chi connectivity index (χ2n) is 4.34. The maximum absolute atomic E-state index is 12.2. The number of halogens is 1. The summed E-state index contributed by atoms with van der Waals surface area (Å²) in [7, 11) is 2.49. The highest BCUT2D eigenvalue weighted by atomic mass is 79.9. The van der Waals surface area contributed by atoms with Gasteiger partial charge in [0.25, 0.3) is 5.91 Å². The summed E-state index contributed by atoms with van der Waals surface area (Å²) in [5.74, 6) is -1.64. The van der Waals surface area contributed by atoms with Crippen LogP contribution in [0.1, 0.15) is 27.1 Å². The highest BCUT2D eigenvalue weighted by molar-refractivity contribution is 9.11. The topological polar surface area (TPSA) is 81.7 Å². The smallest absolute Gasteiger partial charge is 0.337 e. The van der Waals surface area contributed by atoms with Gasteiger partial charge in [-0.05, 0) is 22.7 Å². The zero-order valence-corrected chi connectivity index (χ0v) is 13.8. The Kier molecular flexibility index (Phi) is 6.78. The van der Waals surface area contributed by atoms with Crippen molar-refractivity contribution in [3.8, 4) is 0 Å². The van der Waals surface area contributed by atoms with E-state index in [0.717, 1.165) is 0 Å². The third kappa shape index (κ3) is 5.00. The number of methoxy groups -OCH3 is 2. The molecule has 0 unspecified atom stereocenters. The first kappa shape index (κ1) is 17.9. The van der Waals surface area contributed by atoms with E-state index in [-0.39, 0.29) is 17.5 Å². The van der Waals surface area contributed by atoms with Crippen molar-refractivity contribution in [1.82, 2.24) is 5.32 Å². The van der Waals surface area contributed by atoms with E-state index in [9.17, 15) is 14.4 Å². The summed E-state index contributed by atoms with van der Waals surface area (Å²) in [5, 5.41) is 2.54. The van der Waals surface area contributed by atoms with Gasteiger partial charge in [-0.3, -0.25) is 4.79 Å². The molecule has 0 spiro atoms. The van der Waals surface area contributed by atoms with E-state index < -0.39 is 23.9 Å². The van der Waals surface area contributed by atoms with Gasteiger partial charge in [0.05, 0.1) is 19.8 Å². The van der Waals surface area contributed by atoms with Gasteiger partial charge in [-0.15, -0.1) is 0 Å². The standard InChI is InChI=1S/C15H16BrNO5/c1-9(16)7-12(15(20)22-3)17-13(18)10-5-4-6-11(8-10)14(19)21-2/h4-6,8,12H,1,7H2,2-3H3,(H,17,18)/t12-/m1/s1. The van der Waals surface area contributed by atoms with Crippen molar-refractivity contribution in [2.45, 2.75) is 12.5 Å². The normalized spacial score (nSPS) is 11.2. The van der Waals surface area contributed by atoms with E-state index in [4.69, 9.17) is 0 Å². The van der Waals surface area contributed by atoms with Crippen LogP contribution in [0.3, 0.4) is 0 Å². The summed E-state index contributed by atoms with van der Waals surface area (Å²) >= 11 is 3.14. The summed E-state index contributed by atoms with van der Waals surface area (Å²) in [6.07, 6.45) is 0.190. The number of hydrogen-bond donors (Lipinski definition) is 1. The van der Waals surface area contributed by atoms with Crippen molar-refractivity contribution in [2.75, 3.05) is 14.2 Å². The number of nitrogens with one attached hydrogen (secondary N) is 1. The predicted molar refractivity (Wildman–Crippen MR) is 83.7 cm³/mol. The Morgan fingerprint density at radius 2 is 1.86 bits per heavy atom. The summed E-state index contributed by atoms with van der Waals surface area (Å²) in [4.78, 5) is 35.3. The number of rotatable bonds is 6. The van der Waals surface area contributed by atoms with Crippen molar-refractivity contribution in [3.05, 3.63) is 46.5 Å². The summed E-state index contributed by atoms with van der Waals surface area (Å²) < 4.78 is 9.79. The molecule has 0 saturated carbocycles. The van der Waals surface area contributed by atoms with Crippen molar-refractivity contribution in [2.24, 2.45) is 0 Å². The quantitative estimate of drug-likeness (QED) is 0.775. The number of esters is 2. The lowest BCUT2D eigenvalue weighted by molar-refractivity contribution is -0.142. The Morgan fingerprint density at radius 3 is 2.41 bits per heavy atom. The maximum atomic E-state index is 12.2.